The maximum atomic E-state index is 9.10. The first-order chi connectivity index (χ1) is 9.75. The van der Waals surface area contributed by atoms with E-state index in [0.717, 1.165) is 30.2 Å². The first-order valence-electron chi connectivity index (χ1n) is 6.99. The SMILES string of the molecule is CC(O)CNCCNCc1ccc(-c2ccccc2)o1.[Cl-].[Cl-]. The summed E-state index contributed by atoms with van der Waals surface area (Å²) in [6, 6.07) is 14.1. The first kappa shape index (κ1) is 21.0. The second-order valence-electron chi connectivity index (χ2n) is 4.86. The third-order valence-corrected chi connectivity index (χ3v) is 2.94. The van der Waals surface area contributed by atoms with Crippen molar-refractivity contribution in [3.05, 3.63) is 48.2 Å². The highest BCUT2D eigenvalue weighted by Crippen LogP contribution is 2.21. The zero-order valence-electron chi connectivity index (χ0n) is 12.6. The molecular weight excluding hydrogens is 323 g/mol. The molecule has 22 heavy (non-hydrogen) atoms. The molecule has 1 atom stereocenters. The number of hydrogen-bond acceptors (Lipinski definition) is 4. The minimum absolute atomic E-state index is 0. The minimum atomic E-state index is -0.298. The van der Waals surface area contributed by atoms with Crippen LogP contribution in [0.5, 0.6) is 0 Å². The summed E-state index contributed by atoms with van der Waals surface area (Å²) in [6.45, 7) is 4.78. The van der Waals surface area contributed by atoms with E-state index in [1.54, 1.807) is 6.92 Å². The number of benzene rings is 1. The van der Waals surface area contributed by atoms with Crippen LogP contribution in [0.25, 0.3) is 11.3 Å². The van der Waals surface area contributed by atoms with Gasteiger partial charge in [0.05, 0.1) is 12.6 Å². The molecule has 1 aromatic heterocycles. The Bertz CT molecular complexity index is 504. The number of hydrogen-bond donors (Lipinski definition) is 3. The summed E-state index contributed by atoms with van der Waals surface area (Å²) in [4.78, 5) is 0. The van der Waals surface area contributed by atoms with Gasteiger partial charge in [-0.05, 0) is 19.1 Å². The second kappa shape index (κ2) is 11.5. The molecule has 0 amide bonds. The normalized spacial score (nSPS) is 11.4. The lowest BCUT2D eigenvalue weighted by molar-refractivity contribution is -0.001000. The van der Waals surface area contributed by atoms with Crippen LogP contribution in [0.2, 0.25) is 0 Å². The van der Waals surface area contributed by atoms with E-state index < -0.39 is 0 Å². The number of nitrogens with one attached hydrogen (secondary N) is 2. The van der Waals surface area contributed by atoms with E-state index in [1.165, 1.54) is 0 Å². The topological polar surface area (TPSA) is 57.4 Å². The lowest BCUT2D eigenvalue weighted by Gasteiger charge is -2.07. The average molecular weight is 345 g/mol. The van der Waals surface area contributed by atoms with Crippen LogP contribution < -0.4 is 35.4 Å². The summed E-state index contributed by atoms with van der Waals surface area (Å²) in [7, 11) is 0. The monoisotopic (exact) mass is 344 g/mol. The predicted molar refractivity (Wildman–Crippen MR) is 80.4 cm³/mol. The van der Waals surface area contributed by atoms with E-state index in [9.17, 15) is 0 Å². The van der Waals surface area contributed by atoms with Crippen LogP contribution in [-0.4, -0.2) is 30.8 Å². The Hall–Kier alpha value is -1.04. The molecule has 0 radical (unpaired) electrons. The summed E-state index contributed by atoms with van der Waals surface area (Å²) in [5.41, 5.74) is 1.09. The van der Waals surface area contributed by atoms with Crippen LogP contribution in [0.3, 0.4) is 0 Å². The van der Waals surface area contributed by atoms with E-state index in [1.807, 2.05) is 42.5 Å². The summed E-state index contributed by atoms with van der Waals surface area (Å²) in [5, 5.41) is 15.6. The molecule has 0 aliphatic rings. The molecule has 1 unspecified atom stereocenters. The number of aliphatic hydroxyl groups is 1. The van der Waals surface area contributed by atoms with Crippen molar-refractivity contribution in [3.63, 3.8) is 0 Å². The molecular formula is C16H22Cl2N2O2-2. The highest BCUT2D eigenvalue weighted by atomic mass is 35.5. The molecule has 2 aromatic rings. The molecule has 0 spiro atoms. The fraction of sp³-hybridized carbons (Fsp3) is 0.375. The third kappa shape index (κ3) is 7.29. The standard InChI is InChI=1S/C16H22N2O2.2ClH/c1-13(19)11-17-9-10-18-12-15-7-8-16(20-15)14-5-3-2-4-6-14;;/h2-8,13,17-19H,9-12H2,1H3;2*1H/p-2. The van der Waals surface area contributed by atoms with Crippen molar-refractivity contribution in [1.82, 2.24) is 10.6 Å². The van der Waals surface area contributed by atoms with Gasteiger partial charge >= 0.3 is 0 Å². The second-order valence-corrected chi connectivity index (χ2v) is 4.86. The largest absolute Gasteiger partial charge is 1.00 e. The summed E-state index contributed by atoms with van der Waals surface area (Å²) in [5.74, 6) is 1.83. The van der Waals surface area contributed by atoms with E-state index in [0.29, 0.717) is 13.1 Å². The van der Waals surface area contributed by atoms with Crippen molar-refractivity contribution in [2.24, 2.45) is 0 Å². The molecule has 2 rings (SSSR count). The van der Waals surface area contributed by atoms with Crippen molar-refractivity contribution in [3.8, 4) is 11.3 Å². The van der Waals surface area contributed by atoms with Gasteiger partial charge < -0.3 is 45.0 Å². The van der Waals surface area contributed by atoms with Crippen molar-refractivity contribution in [1.29, 1.82) is 0 Å². The minimum Gasteiger partial charge on any atom is -1.00 e. The molecule has 0 saturated heterocycles. The van der Waals surface area contributed by atoms with Crippen LogP contribution in [0.1, 0.15) is 12.7 Å². The van der Waals surface area contributed by atoms with Gasteiger partial charge in [0.2, 0.25) is 0 Å². The highest BCUT2D eigenvalue weighted by molar-refractivity contribution is 5.57. The van der Waals surface area contributed by atoms with Gasteiger partial charge in [-0.2, -0.15) is 0 Å². The lowest BCUT2D eigenvalue weighted by Crippen LogP contribution is -3.00. The first-order valence-corrected chi connectivity index (χ1v) is 6.99. The number of rotatable bonds is 8. The lowest BCUT2D eigenvalue weighted by atomic mass is 10.2. The van der Waals surface area contributed by atoms with Crippen molar-refractivity contribution in [2.75, 3.05) is 19.6 Å². The van der Waals surface area contributed by atoms with Crippen LogP contribution in [-0.2, 0) is 6.54 Å². The number of furan rings is 1. The molecule has 0 fully saturated rings. The number of halogens is 2. The van der Waals surface area contributed by atoms with E-state index in [4.69, 9.17) is 9.52 Å². The highest BCUT2D eigenvalue weighted by Gasteiger charge is 2.03. The molecule has 0 saturated carbocycles. The zero-order chi connectivity index (χ0) is 14.2. The van der Waals surface area contributed by atoms with Gasteiger partial charge in [-0.1, -0.05) is 30.3 Å². The Morgan fingerprint density at radius 3 is 2.36 bits per heavy atom. The number of aliphatic hydroxyl groups excluding tert-OH is 1. The van der Waals surface area contributed by atoms with Crippen molar-refractivity contribution in [2.45, 2.75) is 19.6 Å². The molecule has 124 valence electrons. The Morgan fingerprint density at radius 1 is 1.00 bits per heavy atom. The molecule has 4 nitrogen and oxygen atoms in total. The Balaban J connectivity index is 0.00000220. The summed E-state index contributed by atoms with van der Waals surface area (Å²) in [6.07, 6.45) is -0.298. The molecule has 0 aliphatic carbocycles. The fourth-order valence-electron chi connectivity index (χ4n) is 1.93. The molecule has 6 heteroatoms. The molecule has 3 N–H and O–H groups in total. The maximum absolute atomic E-state index is 9.10. The van der Waals surface area contributed by atoms with Gasteiger partial charge in [0.25, 0.3) is 0 Å². The average Bonchev–Trinajstić information content (AvgIpc) is 2.92. The van der Waals surface area contributed by atoms with Crippen molar-refractivity contribution < 1.29 is 34.3 Å². The van der Waals surface area contributed by atoms with Gasteiger partial charge in [0.15, 0.2) is 0 Å². The van der Waals surface area contributed by atoms with Gasteiger partial charge in [-0.3, -0.25) is 0 Å². The zero-order valence-corrected chi connectivity index (χ0v) is 14.1. The van der Waals surface area contributed by atoms with Gasteiger partial charge in [0.1, 0.15) is 11.5 Å². The fourth-order valence-corrected chi connectivity index (χ4v) is 1.93. The predicted octanol–water partition coefficient (Wildman–Crippen LogP) is -3.99. The smallest absolute Gasteiger partial charge is 0.134 e. The Labute approximate surface area is 144 Å². The van der Waals surface area contributed by atoms with Crippen LogP contribution in [0, 0.1) is 0 Å². The summed E-state index contributed by atoms with van der Waals surface area (Å²) < 4.78 is 5.79. The molecule has 0 aliphatic heterocycles. The summed E-state index contributed by atoms with van der Waals surface area (Å²) >= 11 is 0. The van der Waals surface area contributed by atoms with E-state index in [-0.39, 0.29) is 30.9 Å². The third-order valence-electron chi connectivity index (χ3n) is 2.94. The maximum Gasteiger partial charge on any atom is 0.134 e. The van der Waals surface area contributed by atoms with Crippen molar-refractivity contribution >= 4 is 0 Å². The van der Waals surface area contributed by atoms with E-state index >= 15 is 0 Å². The van der Waals surface area contributed by atoms with Gasteiger partial charge in [-0.25, -0.2) is 0 Å². The molecule has 0 bridgehead atoms. The quantitative estimate of drug-likeness (QED) is 0.427. The van der Waals surface area contributed by atoms with Crippen LogP contribution in [0.15, 0.2) is 46.9 Å². The van der Waals surface area contributed by atoms with Gasteiger partial charge in [0, 0.05) is 25.2 Å². The van der Waals surface area contributed by atoms with Gasteiger partial charge in [-0.15, -0.1) is 0 Å². The Kier molecular flexibility index (Phi) is 11.0. The molecule has 1 heterocycles. The van der Waals surface area contributed by atoms with E-state index in [2.05, 4.69) is 10.6 Å². The van der Waals surface area contributed by atoms with Crippen LogP contribution in [0.4, 0.5) is 0 Å². The molecule has 1 aromatic carbocycles. The Morgan fingerprint density at radius 2 is 1.68 bits per heavy atom. The van der Waals surface area contributed by atoms with Crippen LogP contribution >= 0.6 is 0 Å².